The van der Waals surface area contributed by atoms with Crippen molar-refractivity contribution < 1.29 is 4.79 Å². The number of urea groups is 1. The van der Waals surface area contributed by atoms with Crippen molar-refractivity contribution in [3.05, 3.63) is 29.8 Å². The first kappa shape index (κ1) is 14.4. The Bertz CT molecular complexity index is 434. The average Bonchev–Trinajstić information content (AvgIpc) is 2.38. The SMILES string of the molecule is CCCCNC(=O)N(C)c1ccccc1C(N)=S. The number of benzene rings is 1. The molecule has 0 aliphatic rings. The lowest BCUT2D eigenvalue weighted by Gasteiger charge is -2.20. The first-order valence-corrected chi connectivity index (χ1v) is 6.39. The maximum Gasteiger partial charge on any atom is 0.321 e. The molecule has 1 aromatic rings. The molecule has 0 heterocycles. The molecular weight excluding hydrogens is 246 g/mol. The zero-order chi connectivity index (χ0) is 13.5. The van der Waals surface area contributed by atoms with Crippen LogP contribution in [0, 0.1) is 0 Å². The molecule has 0 atom stereocenters. The summed E-state index contributed by atoms with van der Waals surface area (Å²) in [4.78, 5) is 13.7. The molecule has 0 fully saturated rings. The molecule has 5 heteroatoms. The lowest BCUT2D eigenvalue weighted by Crippen LogP contribution is -2.38. The van der Waals surface area contributed by atoms with Crippen LogP contribution in [0.5, 0.6) is 0 Å². The Morgan fingerprint density at radius 3 is 2.72 bits per heavy atom. The van der Waals surface area contributed by atoms with E-state index < -0.39 is 0 Å². The minimum Gasteiger partial charge on any atom is -0.389 e. The van der Waals surface area contributed by atoms with E-state index in [4.69, 9.17) is 18.0 Å². The van der Waals surface area contributed by atoms with Crippen molar-refractivity contribution in [1.82, 2.24) is 5.32 Å². The number of carbonyl (C=O) groups excluding carboxylic acids is 1. The molecule has 4 nitrogen and oxygen atoms in total. The van der Waals surface area contributed by atoms with Gasteiger partial charge in [-0.1, -0.05) is 37.7 Å². The van der Waals surface area contributed by atoms with E-state index in [0.717, 1.165) is 18.5 Å². The van der Waals surface area contributed by atoms with E-state index in [1.807, 2.05) is 24.3 Å². The molecule has 18 heavy (non-hydrogen) atoms. The smallest absolute Gasteiger partial charge is 0.321 e. The molecule has 0 aliphatic carbocycles. The van der Waals surface area contributed by atoms with Crippen LogP contribution in [0.3, 0.4) is 0 Å². The van der Waals surface area contributed by atoms with Gasteiger partial charge in [-0.2, -0.15) is 0 Å². The lowest BCUT2D eigenvalue weighted by molar-refractivity contribution is 0.247. The van der Waals surface area contributed by atoms with Gasteiger partial charge in [-0.25, -0.2) is 4.79 Å². The van der Waals surface area contributed by atoms with Crippen molar-refractivity contribution in [2.75, 3.05) is 18.5 Å². The number of amides is 2. The van der Waals surface area contributed by atoms with E-state index in [1.165, 1.54) is 4.90 Å². The van der Waals surface area contributed by atoms with Crippen molar-refractivity contribution in [3.63, 3.8) is 0 Å². The zero-order valence-corrected chi connectivity index (χ0v) is 11.6. The number of nitrogens with one attached hydrogen (secondary N) is 1. The summed E-state index contributed by atoms with van der Waals surface area (Å²) < 4.78 is 0. The molecule has 0 aromatic heterocycles. The topological polar surface area (TPSA) is 58.4 Å². The fraction of sp³-hybridized carbons (Fsp3) is 0.385. The van der Waals surface area contributed by atoms with Gasteiger partial charge in [0.05, 0.1) is 5.69 Å². The van der Waals surface area contributed by atoms with Gasteiger partial charge >= 0.3 is 6.03 Å². The Morgan fingerprint density at radius 2 is 2.11 bits per heavy atom. The minimum absolute atomic E-state index is 0.146. The number of hydrogen-bond acceptors (Lipinski definition) is 2. The van der Waals surface area contributed by atoms with Crippen molar-refractivity contribution in [3.8, 4) is 0 Å². The van der Waals surface area contributed by atoms with Gasteiger partial charge in [-0.05, 0) is 18.6 Å². The third kappa shape index (κ3) is 3.70. The number of nitrogens with two attached hydrogens (primary N) is 1. The van der Waals surface area contributed by atoms with Gasteiger partial charge in [0.1, 0.15) is 4.99 Å². The summed E-state index contributed by atoms with van der Waals surface area (Å²) in [7, 11) is 1.71. The molecule has 1 aromatic carbocycles. The number of anilines is 1. The van der Waals surface area contributed by atoms with Crippen LogP contribution in [-0.4, -0.2) is 24.6 Å². The van der Waals surface area contributed by atoms with Crippen molar-refractivity contribution in [2.24, 2.45) is 5.73 Å². The summed E-state index contributed by atoms with van der Waals surface area (Å²) in [6, 6.07) is 7.20. The molecule has 0 spiro atoms. The van der Waals surface area contributed by atoms with E-state index in [9.17, 15) is 4.79 Å². The molecule has 3 N–H and O–H groups in total. The molecule has 0 aliphatic heterocycles. The number of thiocarbonyl (C=S) groups is 1. The molecule has 2 amide bonds. The third-order valence-electron chi connectivity index (χ3n) is 2.64. The predicted molar refractivity (Wildman–Crippen MR) is 79.0 cm³/mol. The summed E-state index contributed by atoms with van der Waals surface area (Å²) in [6.45, 7) is 2.76. The van der Waals surface area contributed by atoms with E-state index in [1.54, 1.807) is 7.05 Å². The standard InChI is InChI=1S/C13H19N3OS/c1-3-4-9-15-13(17)16(2)11-8-6-5-7-10(11)12(14)18/h5-8H,3-4,9H2,1-2H3,(H2,14,18)(H,15,17). The largest absolute Gasteiger partial charge is 0.389 e. The monoisotopic (exact) mass is 265 g/mol. The Balaban J connectivity index is 2.80. The zero-order valence-electron chi connectivity index (χ0n) is 10.8. The number of para-hydroxylation sites is 1. The van der Waals surface area contributed by atoms with E-state index in [0.29, 0.717) is 17.1 Å². The number of carbonyl (C=O) groups is 1. The molecule has 0 saturated carbocycles. The van der Waals surface area contributed by atoms with Crippen LogP contribution >= 0.6 is 12.2 Å². The molecule has 0 saturated heterocycles. The molecular formula is C13H19N3OS. The van der Waals surface area contributed by atoms with Gasteiger partial charge in [0, 0.05) is 19.2 Å². The third-order valence-corrected chi connectivity index (χ3v) is 2.86. The van der Waals surface area contributed by atoms with Crippen LogP contribution in [0.15, 0.2) is 24.3 Å². The second-order valence-corrected chi connectivity index (χ2v) is 4.47. The van der Waals surface area contributed by atoms with Gasteiger partial charge in [0.15, 0.2) is 0 Å². The van der Waals surface area contributed by atoms with Gasteiger partial charge in [0.2, 0.25) is 0 Å². The predicted octanol–water partition coefficient (Wildman–Crippen LogP) is 2.27. The van der Waals surface area contributed by atoms with Gasteiger partial charge in [-0.15, -0.1) is 0 Å². The van der Waals surface area contributed by atoms with Crippen LogP contribution in [0.1, 0.15) is 25.3 Å². The lowest BCUT2D eigenvalue weighted by atomic mass is 10.1. The van der Waals surface area contributed by atoms with Crippen LogP contribution in [0.4, 0.5) is 10.5 Å². The number of hydrogen-bond donors (Lipinski definition) is 2. The summed E-state index contributed by atoms with van der Waals surface area (Å²) in [5.74, 6) is 0. The average molecular weight is 265 g/mol. The molecule has 1 rings (SSSR count). The highest BCUT2D eigenvalue weighted by molar-refractivity contribution is 7.80. The maximum atomic E-state index is 11.9. The van der Waals surface area contributed by atoms with E-state index >= 15 is 0 Å². The number of unbranched alkanes of at least 4 members (excludes halogenated alkanes) is 1. The molecule has 0 radical (unpaired) electrons. The summed E-state index contributed by atoms with van der Waals surface area (Å²) >= 11 is 4.98. The fourth-order valence-electron chi connectivity index (χ4n) is 1.57. The quantitative estimate of drug-likeness (QED) is 0.634. The summed E-state index contributed by atoms with van der Waals surface area (Å²) in [5.41, 5.74) is 7.08. The Kier molecular flexibility index (Phi) is 5.58. The Labute approximate surface area is 113 Å². The Morgan fingerprint density at radius 1 is 1.44 bits per heavy atom. The number of rotatable bonds is 5. The Hall–Kier alpha value is -1.62. The van der Waals surface area contributed by atoms with Crippen LogP contribution in [0.25, 0.3) is 0 Å². The van der Waals surface area contributed by atoms with Gasteiger partial charge in [-0.3, -0.25) is 4.90 Å². The molecule has 98 valence electrons. The summed E-state index contributed by atoms with van der Waals surface area (Å²) in [6.07, 6.45) is 2.02. The normalized spacial score (nSPS) is 9.89. The van der Waals surface area contributed by atoms with Crippen LogP contribution in [0.2, 0.25) is 0 Å². The fourth-order valence-corrected chi connectivity index (χ4v) is 1.75. The maximum absolute atomic E-state index is 11.9. The van der Waals surface area contributed by atoms with Gasteiger partial charge in [0.25, 0.3) is 0 Å². The first-order valence-electron chi connectivity index (χ1n) is 5.98. The summed E-state index contributed by atoms with van der Waals surface area (Å²) in [5, 5.41) is 2.85. The second-order valence-electron chi connectivity index (χ2n) is 4.03. The van der Waals surface area contributed by atoms with Crippen molar-refractivity contribution in [2.45, 2.75) is 19.8 Å². The highest BCUT2D eigenvalue weighted by atomic mass is 32.1. The van der Waals surface area contributed by atoms with Gasteiger partial charge < -0.3 is 11.1 Å². The minimum atomic E-state index is -0.146. The highest BCUT2D eigenvalue weighted by Gasteiger charge is 2.14. The van der Waals surface area contributed by atoms with Crippen LogP contribution in [-0.2, 0) is 0 Å². The van der Waals surface area contributed by atoms with Crippen molar-refractivity contribution in [1.29, 1.82) is 0 Å². The first-order chi connectivity index (χ1) is 8.57. The van der Waals surface area contributed by atoms with Crippen LogP contribution < -0.4 is 16.0 Å². The van der Waals surface area contributed by atoms with Crippen molar-refractivity contribution >= 4 is 28.9 Å². The number of nitrogens with zero attached hydrogens (tertiary/aromatic N) is 1. The second kappa shape index (κ2) is 6.96. The van der Waals surface area contributed by atoms with E-state index in [2.05, 4.69) is 12.2 Å². The molecule has 0 bridgehead atoms. The molecule has 0 unspecified atom stereocenters. The highest BCUT2D eigenvalue weighted by Crippen LogP contribution is 2.18. The van der Waals surface area contributed by atoms with E-state index in [-0.39, 0.29) is 6.03 Å².